The summed E-state index contributed by atoms with van der Waals surface area (Å²) in [4.78, 5) is 11.7. The molecule has 4 heteroatoms. The first-order chi connectivity index (χ1) is 8.69. The molecule has 1 aliphatic rings. The minimum atomic E-state index is -0.289. The van der Waals surface area contributed by atoms with Crippen LogP contribution in [0.4, 0.5) is 0 Å². The van der Waals surface area contributed by atoms with Crippen LogP contribution in [0.15, 0.2) is 28.7 Å². The Hall–Kier alpha value is -1.34. The molecule has 0 bridgehead atoms. The molecule has 1 saturated carbocycles. The molecule has 18 heavy (non-hydrogen) atoms. The molecule has 0 saturated heterocycles. The molecule has 1 aromatic rings. The number of carbonyl (C=O) groups excluding carboxylic acids is 1. The normalized spacial score (nSPS) is 15.8. The van der Waals surface area contributed by atoms with Crippen molar-refractivity contribution in [2.24, 2.45) is 5.92 Å². The molecule has 0 unspecified atom stereocenters. The van der Waals surface area contributed by atoms with E-state index in [1.807, 2.05) is 24.3 Å². The highest BCUT2D eigenvalue weighted by molar-refractivity contribution is 9.10. The monoisotopic (exact) mass is 306 g/mol. The van der Waals surface area contributed by atoms with E-state index in [0.29, 0.717) is 18.8 Å². The van der Waals surface area contributed by atoms with Crippen molar-refractivity contribution >= 4 is 21.8 Å². The molecule has 0 heterocycles. The van der Waals surface area contributed by atoms with Gasteiger partial charge in [-0.3, -0.25) is 4.79 Å². The Kier molecular flexibility index (Phi) is 4.38. The molecule has 0 radical (unpaired) electrons. The van der Waals surface area contributed by atoms with Crippen LogP contribution in [0.5, 0.6) is 0 Å². The van der Waals surface area contributed by atoms with Crippen molar-refractivity contribution in [1.29, 1.82) is 5.26 Å². The van der Waals surface area contributed by atoms with Crippen LogP contribution in [0, 0.1) is 17.2 Å². The highest BCUT2D eigenvalue weighted by Crippen LogP contribution is 2.32. The largest absolute Gasteiger partial charge is 0.340 e. The fourth-order valence-corrected chi connectivity index (χ4v) is 2.10. The predicted molar refractivity (Wildman–Crippen MR) is 72.7 cm³/mol. The van der Waals surface area contributed by atoms with Crippen LogP contribution in [0.3, 0.4) is 0 Å². The van der Waals surface area contributed by atoms with E-state index in [9.17, 15) is 4.79 Å². The van der Waals surface area contributed by atoms with Gasteiger partial charge in [-0.05, 0) is 42.9 Å². The zero-order chi connectivity index (χ0) is 13.0. The molecule has 0 aliphatic heterocycles. The topological polar surface area (TPSA) is 52.9 Å². The quantitative estimate of drug-likeness (QED) is 0.909. The third kappa shape index (κ3) is 3.85. The number of hydrogen-bond donors (Lipinski definition) is 1. The van der Waals surface area contributed by atoms with Gasteiger partial charge in [0.05, 0.1) is 6.07 Å². The van der Waals surface area contributed by atoms with Crippen molar-refractivity contribution in [1.82, 2.24) is 5.32 Å². The van der Waals surface area contributed by atoms with Crippen LogP contribution < -0.4 is 5.32 Å². The Bertz CT molecular complexity index is 460. The lowest BCUT2D eigenvalue weighted by Gasteiger charge is -2.10. The average molecular weight is 307 g/mol. The number of rotatable bonds is 5. The summed E-state index contributed by atoms with van der Waals surface area (Å²) in [6.07, 6.45) is 3.27. The number of hydrogen-bond acceptors (Lipinski definition) is 2. The van der Waals surface area contributed by atoms with Crippen molar-refractivity contribution in [3.05, 3.63) is 34.3 Å². The van der Waals surface area contributed by atoms with Gasteiger partial charge in [-0.15, -0.1) is 0 Å². The number of benzene rings is 1. The first kappa shape index (κ1) is 13.1. The summed E-state index contributed by atoms with van der Waals surface area (Å²) >= 11 is 3.38. The van der Waals surface area contributed by atoms with Gasteiger partial charge in [-0.2, -0.15) is 5.26 Å². The minimum Gasteiger partial charge on any atom is -0.340 e. The van der Waals surface area contributed by atoms with Gasteiger partial charge in [-0.25, -0.2) is 0 Å². The van der Waals surface area contributed by atoms with E-state index in [1.54, 1.807) is 0 Å². The molecule has 1 aromatic carbocycles. The van der Waals surface area contributed by atoms with Gasteiger partial charge in [0.15, 0.2) is 0 Å². The molecular weight excluding hydrogens is 292 g/mol. The molecule has 1 aliphatic carbocycles. The number of nitriles is 1. The number of halogens is 1. The van der Waals surface area contributed by atoms with Crippen LogP contribution >= 0.6 is 15.9 Å². The van der Waals surface area contributed by atoms with Gasteiger partial charge in [0, 0.05) is 10.9 Å². The third-order valence-corrected chi connectivity index (χ3v) is 3.63. The maximum absolute atomic E-state index is 11.7. The molecule has 1 amide bonds. The standard InChI is InChI=1S/C14H15BrN2O/c15-12-6-1-10(2-7-12)3-8-14(18)17-13(9-16)11-4-5-11/h1-2,6-7,11,13H,3-5,8H2,(H,17,18)/t13-/m1/s1. The molecular formula is C14H15BrN2O. The lowest BCUT2D eigenvalue weighted by molar-refractivity contribution is -0.121. The number of nitrogens with one attached hydrogen (secondary N) is 1. The SMILES string of the molecule is N#C[C@@H](NC(=O)CCc1ccc(Br)cc1)C1CC1. The summed E-state index contributed by atoms with van der Waals surface area (Å²) in [6, 6.07) is 9.81. The maximum atomic E-state index is 11.7. The molecule has 0 spiro atoms. The first-order valence-electron chi connectivity index (χ1n) is 6.12. The summed E-state index contributed by atoms with van der Waals surface area (Å²) in [5.74, 6) is 0.350. The molecule has 1 fully saturated rings. The molecule has 1 N–H and O–H groups in total. The lowest BCUT2D eigenvalue weighted by atomic mass is 10.1. The highest BCUT2D eigenvalue weighted by Gasteiger charge is 2.32. The second-order valence-corrected chi connectivity index (χ2v) is 5.55. The van der Waals surface area contributed by atoms with Crippen molar-refractivity contribution in [2.75, 3.05) is 0 Å². The van der Waals surface area contributed by atoms with Crippen LogP contribution in [-0.2, 0) is 11.2 Å². The fraction of sp³-hybridized carbons (Fsp3) is 0.429. The predicted octanol–water partition coefficient (Wildman–Crippen LogP) is 2.80. The van der Waals surface area contributed by atoms with E-state index in [1.165, 1.54) is 0 Å². The Labute approximate surface area is 115 Å². The summed E-state index contributed by atoms with van der Waals surface area (Å²) in [6.45, 7) is 0. The van der Waals surface area contributed by atoms with E-state index in [0.717, 1.165) is 22.9 Å². The van der Waals surface area contributed by atoms with Crippen molar-refractivity contribution in [2.45, 2.75) is 31.7 Å². The second kappa shape index (κ2) is 6.01. The van der Waals surface area contributed by atoms with Crippen LogP contribution in [-0.4, -0.2) is 11.9 Å². The number of carbonyl (C=O) groups is 1. The molecule has 1 atom stereocenters. The van der Waals surface area contributed by atoms with E-state index >= 15 is 0 Å². The maximum Gasteiger partial charge on any atom is 0.221 e. The second-order valence-electron chi connectivity index (χ2n) is 4.64. The van der Waals surface area contributed by atoms with Gasteiger partial charge < -0.3 is 5.32 Å². The van der Waals surface area contributed by atoms with E-state index in [2.05, 4.69) is 27.3 Å². The van der Waals surface area contributed by atoms with Crippen molar-refractivity contribution in [3.63, 3.8) is 0 Å². The Morgan fingerprint density at radius 3 is 2.67 bits per heavy atom. The number of aryl methyl sites for hydroxylation is 1. The lowest BCUT2D eigenvalue weighted by Crippen LogP contribution is -2.35. The van der Waals surface area contributed by atoms with Crippen LogP contribution in [0.1, 0.15) is 24.8 Å². The van der Waals surface area contributed by atoms with Gasteiger partial charge in [0.2, 0.25) is 5.91 Å². The summed E-state index contributed by atoms with van der Waals surface area (Å²) in [7, 11) is 0. The van der Waals surface area contributed by atoms with Gasteiger partial charge >= 0.3 is 0 Å². The Balaban J connectivity index is 1.77. The zero-order valence-corrected chi connectivity index (χ0v) is 11.6. The zero-order valence-electron chi connectivity index (χ0n) is 10.0. The van der Waals surface area contributed by atoms with Crippen LogP contribution in [0.2, 0.25) is 0 Å². The van der Waals surface area contributed by atoms with Crippen LogP contribution in [0.25, 0.3) is 0 Å². The van der Waals surface area contributed by atoms with Gasteiger partial charge in [-0.1, -0.05) is 28.1 Å². The average Bonchev–Trinajstić information content (AvgIpc) is 3.19. The Morgan fingerprint density at radius 2 is 2.11 bits per heavy atom. The summed E-state index contributed by atoms with van der Waals surface area (Å²) in [5.41, 5.74) is 1.13. The molecule has 2 rings (SSSR count). The van der Waals surface area contributed by atoms with Gasteiger partial charge in [0.25, 0.3) is 0 Å². The van der Waals surface area contributed by atoms with Gasteiger partial charge in [0.1, 0.15) is 6.04 Å². The minimum absolute atomic E-state index is 0.0311. The first-order valence-corrected chi connectivity index (χ1v) is 6.92. The highest BCUT2D eigenvalue weighted by atomic mass is 79.9. The summed E-state index contributed by atoms with van der Waals surface area (Å²) in [5, 5.41) is 11.7. The molecule has 94 valence electrons. The number of amides is 1. The Morgan fingerprint density at radius 1 is 1.44 bits per heavy atom. The van der Waals surface area contributed by atoms with Crippen molar-refractivity contribution < 1.29 is 4.79 Å². The van der Waals surface area contributed by atoms with E-state index < -0.39 is 0 Å². The van der Waals surface area contributed by atoms with E-state index in [4.69, 9.17) is 5.26 Å². The smallest absolute Gasteiger partial charge is 0.221 e. The number of nitrogens with zero attached hydrogens (tertiary/aromatic N) is 1. The summed E-state index contributed by atoms with van der Waals surface area (Å²) < 4.78 is 1.04. The third-order valence-electron chi connectivity index (χ3n) is 3.10. The van der Waals surface area contributed by atoms with Crippen molar-refractivity contribution in [3.8, 4) is 6.07 Å². The molecule has 0 aromatic heterocycles. The fourth-order valence-electron chi connectivity index (χ4n) is 1.84. The van der Waals surface area contributed by atoms with E-state index in [-0.39, 0.29) is 11.9 Å². The molecule has 3 nitrogen and oxygen atoms in total.